The van der Waals surface area contributed by atoms with Crippen molar-refractivity contribution in [1.82, 2.24) is 9.62 Å². The lowest BCUT2D eigenvalue weighted by Crippen LogP contribution is -2.34. The van der Waals surface area contributed by atoms with Crippen molar-refractivity contribution in [1.29, 1.82) is 0 Å². The average Bonchev–Trinajstić information content (AvgIpc) is 2.89. The Morgan fingerprint density at radius 1 is 1.40 bits per heavy atom. The number of hydrogen-bond donors (Lipinski definition) is 1. The van der Waals surface area contributed by atoms with E-state index in [1.807, 2.05) is 13.0 Å². The van der Waals surface area contributed by atoms with Gasteiger partial charge in [-0.1, -0.05) is 18.6 Å². The molecule has 0 fully saturated rings. The van der Waals surface area contributed by atoms with Crippen LogP contribution in [0.15, 0.2) is 33.3 Å². The summed E-state index contributed by atoms with van der Waals surface area (Å²) in [5.41, 5.74) is 1.24. The van der Waals surface area contributed by atoms with Crippen LogP contribution in [0, 0.1) is 0 Å². The Hall–Kier alpha value is -1.11. The zero-order chi connectivity index (χ0) is 14.6. The highest BCUT2D eigenvalue weighted by Gasteiger charge is 2.28. The van der Waals surface area contributed by atoms with Crippen LogP contribution < -0.4 is 5.32 Å². The second-order valence-electron chi connectivity index (χ2n) is 5.06. The summed E-state index contributed by atoms with van der Waals surface area (Å²) in [6, 6.07) is 3.27. The largest absolute Gasteiger partial charge is 0.447 e. The smallest absolute Gasteiger partial charge is 0.276 e. The fraction of sp³-hybridized carbons (Fsp3) is 0.571. The van der Waals surface area contributed by atoms with Crippen LogP contribution in [-0.4, -0.2) is 32.4 Å². The quantitative estimate of drug-likeness (QED) is 0.645. The summed E-state index contributed by atoms with van der Waals surface area (Å²) in [4.78, 5) is 0. The fourth-order valence-electron chi connectivity index (χ4n) is 2.08. The first-order valence-corrected chi connectivity index (χ1v) is 8.43. The van der Waals surface area contributed by atoms with E-state index >= 15 is 0 Å². The molecule has 1 aliphatic rings. The van der Waals surface area contributed by atoms with Crippen LogP contribution in [0.3, 0.4) is 0 Å². The maximum Gasteiger partial charge on any atom is 0.276 e. The van der Waals surface area contributed by atoms with E-state index in [0.29, 0.717) is 25.4 Å². The third-order valence-corrected chi connectivity index (χ3v) is 5.10. The highest BCUT2D eigenvalue weighted by molar-refractivity contribution is 7.89. The molecule has 0 aromatic carbocycles. The molecule has 5 nitrogen and oxygen atoms in total. The van der Waals surface area contributed by atoms with Gasteiger partial charge in [-0.2, -0.15) is 4.31 Å². The first kappa shape index (κ1) is 15.3. The number of furan rings is 1. The summed E-state index contributed by atoms with van der Waals surface area (Å²) in [5.74, 6) is 0.653. The minimum Gasteiger partial charge on any atom is -0.447 e. The van der Waals surface area contributed by atoms with Crippen LogP contribution in [0.5, 0.6) is 0 Å². The predicted molar refractivity (Wildman–Crippen MR) is 77.8 cm³/mol. The summed E-state index contributed by atoms with van der Waals surface area (Å²) < 4.78 is 31.8. The molecular weight excluding hydrogens is 276 g/mol. The van der Waals surface area contributed by atoms with Gasteiger partial charge in [-0.25, -0.2) is 8.42 Å². The van der Waals surface area contributed by atoms with Crippen LogP contribution in [0.1, 0.15) is 32.4 Å². The van der Waals surface area contributed by atoms with Gasteiger partial charge in [0.05, 0.1) is 6.54 Å². The number of rotatable bonds is 6. The van der Waals surface area contributed by atoms with Crippen molar-refractivity contribution >= 4 is 10.0 Å². The van der Waals surface area contributed by atoms with Crippen molar-refractivity contribution in [3.05, 3.63) is 29.5 Å². The van der Waals surface area contributed by atoms with Crippen molar-refractivity contribution in [2.75, 3.05) is 19.6 Å². The van der Waals surface area contributed by atoms with Crippen LogP contribution >= 0.6 is 0 Å². The van der Waals surface area contributed by atoms with Gasteiger partial charge in [-0.15, -0.1) is 0 Å². The van der Waals surface area contributed by atoms with Crippen molar-refractivity contribution in [2.45, 2.75) is 38.3 Å². The van der Waals surface area contributed by atoms with Crippen LogP contribution in [0.2, 0.25) is 0 Å². The van der Waals surface area contributed by atoms with E-state index in [9.17, 15) is 8.42 Å². The topological polar surface area (TPSA) is 62.6 Å². The molecule has 1 aromatic heterocycles. The summed E-state index contributed by atoms with van der Waals surface area (Å²) in [6.07, 6.45) is 3.77. The van der Waals surface area contributed by atoms with E-state index < -0.39 is 10.0 Å². The van der Waals surface area contributed by atoms with Gasteiger partial charge >= 0.3 is 0 Å². The molecule has 1 aromatic rings. The summed E-state index contributed by atoms with van der Waals surface area (Å²) in [7, 11) is -3.50. The van der Waals surface area contributed by atoms with Gasteiger partial charge in [0, 0.05) is 13.1 Å². The van der Waals surface area contributed by atoms with Crippen molar-refractivity contribution < 1.29 is 12.8 Å². The minimum atomic E-state index is -3.50. The van der Waals surface area contributed by atoms with Crippen LogP contribution in [0.25, 0.3) is 0 Å². The molecule has 1 aliphatic heterocycles. The molecule has 0 saturated heterocycles. The molecule has 0 aliphatic carbocycles. The molecule has 0 bridgehead atoms. The first-order chi connectivity index (χ1) is 9.54. The Kier molecular flexibility index (Phi) is 5.01. The summed E-state index contributed by atoms with van der Waals surface area (Å²) >= 11 is 0. The molecule has 0 amide bonds. The standard InChI is InChI=1S/C14H22N2O3S/c1-3-8-15-11-13-4-5-14(19-13)20(17,18)16-9-6-12(2)7-10-16/h4-6,15H,3,7-11H2,1-2H3. The molecule has 0 unspecified atom stereocenters. The van der Waals surface area contributed by atoms with Gasteiger partial charge in [-0.05, 0) is 38.4 Å². The number of nitrogens with one attached hydrogen (secondary N) is 1. The highest BCUT2D eigenvalue weighted by Crippen LogP contribution is 2.22. The molecular formula is C14H22N2O3S. The summed E-state index contributed by atoms with van der Waals surface area (Å²) in [6.45, 7) is 6.50. The van der Waals surface area contributed by atoms with Gasteiger partial charge in [0.15, 0.2) is 0 Å². The summed E-state index contributed by atoms with van der Waals surface area (Å²) in [5, 5.41) is 3.23. The van der Waals surface area contributed by atoms with E-state index in [-0.39, 0.29) is 5.09 Å². The van der Waals surface area contributed by atoms with Crippen LogP contribution in [0.4, 0.5) is 0 Å². The molecule has 2 rings (SSSR count). The second kappa shape index (κ2) is 6.56. The third kappa shape index (κ3) is 3.50. The Labute approximate surface area is 120 Å². The van der Waals surface area contributed by atoms with E-state index in [1.54, 1.807) is 12.1 Å². The molecule has 20 heavy (non-hydrogen) atoms. The lowest BCUT2D eigenvalue weighted by atomic mass is 10.1. The first-order valence-electron chi connectivity index (χ1n) is 6.99. The van der Waals surface area contributed by atoms with E-state index in [4.69, 9.17) is 4.42 Å². The lowest BCUT2D eigenvalue weighted by Gasteiger charge is -2.23. The molecule has 0 saturated carbocycles. The highest BCUT2D eigenvalue weighted by atomic mass is 32.2. The van der Waals surface area contributed by atoms with Gasteiger partial charge in [0.2, 0.25) is 5.09 Å². The Balaban J connectivity index is 2.06. The molecule has 2 heterocycles. The number of hydrogen-bond acceptors (Lipinski definition) is 4. The Morgan fingerprint density at radius 3 is 2.85 bits per heavy atom. The predicted octanol–water partition coefficient (Wildman–Crippen LogP) is 2.12. The van der Waals surface area contributed by atoms with Crippen molar-refractivity contribution in [3.63, 3.8) is 0 Å². The zero-order valence-corrected chi connectivity index (χ0v) is 12.9. The van der Waals surface area contributed by atoms with E-state index in [2.05, 4.69) is 12.2 Å². The Morgan fingerprint density at radius 2 is 2.20 bits per heavy atom. The van der Waals surface area contributed by atoms with Crippen molar-refractivity contribution in [2.24, 2.45) is 0 Å². The Bertz CT molecular complexity index is 575. The second-order valence-corrected chi connectivity index (χ2v) is 6.93. The molecule has 1 N–H and O–H groups in total. The molecule has 112 valence electrons. The number of nitrogens with zero attached hydrogens (tertiary/aromatic N) is 1. The maximum absolute atomic E-state index is 12.4. The average molecular weight is 298 g/mol. The zero-order valence-electron chi connectivity index (χ0n) is 12.1. The molecule has 6 heteroatoms. The fourth-order valence-corrected chi connectivity index (χ4v) is 3.39. The van der Waals surface area contributed by atoms with Gasteiger partial charge < -0.3 is 9.73 Å². The van der Waals surface area contributed by atoms with Gasteiger partial charge in [0.1, 0.15) is 5.76 Å². The minimum absolute atomic E-state index is 0.0405. The molecule has 0 spiro atoms. The molecule has 0 atom stereocenters. The molecule has 0 radical (unpaired) electrons. The van der Waals surface area contributed by atoms with E-state index in [0.717, 1.165) is 19.4 Å². The normalized spacial score (nSPS) is 17.2. The van der Waals surface area contributed by atoms with Gasteiger partial charge in [0.25, 0.3) is 10.0 Å². The van der Waals surface area contributed by atoms with E-state index in [1.165, 1.54) is 9.88 Å². The van der Waals surface area contributed by atoms with Crippen LogP contribution in [-0.2, 0) is 16.6 Å². The monoisotopic (exact) mass is 298 g/mol. The third-order valence-electron chi connectivity index (χ3n) is 3.36. The number of sulfonamides is 1. The SMILES string of the molecule is CCCNCc1ccc(S(=O)(=O)N2CC=C(C)CC2)o1. The van der Waals surface area contributed by atoms with Gasteiger partial charge in [-0.3, -0.25) is 0 Å². The van der Waals surface area contributed by atoms with Crippen molar-refractivity contribution in [3.8, 4) is 0 Å². The maximum atomic E-state index is 12.4. The lowest BCUT2D eigenvalue weighted by molar-refractivity contribution is 0.370.